The van der Waals surface area contributed by atoms with Crippen molar-refractivity contribution in [3.8, 4) is 11.3 Å². The van der Waals surface area contributed by atoms with Crippen molar-refractivity contribution in [3.63, 3.8) is 0 Å². The molecule has 2 rings (SSSR count). The summed E-state index contributed by atoms with van der Waals surface area (Å²) in [7, 11) is 0. The van der Waals surface area contributed by atoms with Crippen molar-refractivity contribution in [1.29, 1.82) is 0 Å². The zero-order valence-corrected chi connectivity index (χ0v) is 13.6. The number of nitrogens with one attached hydrogen (secondary N) is 1. The normalized spacial score (nSPS) is 12.6. The fraction of sp³-hybridized carbons (Fsp3) is 0.375. The third-order valence-corrected chi connectivity index (χ3v) is 3.73. The summed E-state index contributed by atoms with van der Waals surface area (Å²) in [6.07, 6.45) is 1.89. The van der Waals surface area contributed by atoms with Crippen LogP contribution >= 0.6 is 23.2 Å². The lowest BCUT2D eigenvalue weighted by atomic mass is 10.1. The average molecular weight is 330 g/mol. The predicted molar refractivity (Wildman–Crippen MR) is 85.6 cm³/mol. The van der Waals surface area contributed by atoms with Crippen LogP contribution in [0.1, 0.15) is 26.0 Å². The number of halogens is 3. The number of hydrogen-bond donors (Lipinski definition) is 1. The zero-order chi connectivity index (χ0) is 15.4. The number of benzene rings is 1. The Morgan fingerprint density at radius 2 is 1.90 bits per heavy atom. The van der Waals surface area contributed by atoms with Crippen molar-refractivity contribution in [2.45, 2.75) is 32.7 Å². The summed E-state index contributed by atoms with van der Waals surface area (Å²) in [4.78, 5) is 0. The molecule has 0 aliphatic carbocycles. The smallest absolute Gasteiger partial charge is 0.160 e. The molecule has 21 heavy (non-hydrogen) atoms. The molecule has 0 saturated heterocycles. The van der Waals surface area contributed by atoms with Crippen molar-refractivity contribution in [1.82, 2.24) is 5.32 Å². The van der Waals surface area contributed by atoms with Gasteiger partial charge in [-0.3, -0.25) is 0 Å². The number of hydrogen-bond acceptors (Lipinski definition) is 2. The summed E-state index contributed by atoms with van der Waals surface area (Å²) >= 11 is 11.6. The van der Waals surface area contributed by atoms with Crippen LogP contribution in [0.3, 0.4) is 0 Å². The van der Waals surface area contributed by atoms with Gasteiger partial charge in [-0.05, 0) is 44.2 Å². The maximum Gasteiger partial charge on any atom is 0.160 e. The molecular formula is C16H18Cl2FNO. The molecule has 0 aliphatic rings. The topological polar surface area (TPSA) is 25.2 Å². The van der Waals surface area contributed by atoms with Crippen molar-refractivity contribution in [3.05, 3.63) is 45.9 Å². The third kappa shape index (κ3) is 4.22. The monoisotopic (exact) mass is 329 g/mol. The minimum Gasteiger partial charge on any atom is -0.461 e. The molecule has 0 radical (unpaired) electrons. The van der Waals surface area contributed by atoms with Gasteiger partial charge in [-0.25, -0.2) is 4.39 Å². The molecule has 0 saturated carbocycles. The summed E-state index contributed by atoms with van der Waals surface area (Å²) in [5, 5.41) is 3.39. The molecular weight excluding hydrogens is 312 g/mol. The van der Waals surface area contributed by atoms with Crippen molar-refractivity contribution < 1.29 is 8.81 Å². The lowest BCUT2D eigenvalue weighted by Crippen LogP contribution is -2.28. The summed E-state index contributed by atoms with van der Waals surface area (Å²) < 4.78 is 19.2. The van der Waals surface area contributed by atoms with E-state index in [0.717, 1.165) is 25.1 Å². The second-order valence-electron chi connectivity index (χ2n) is 5.08. The summed E-state index contributed by atoms with van der Waals surface area (Å²) in [6.45, 7) is 5.23. The van der Waals surface area contributed by atoms with Crippen molar-refractivity contribution in [2.24, 2.45) is 0 Å². The second kappa shape index (κ2) is 7.30. The minimum absolute atomic E-state index is 0.00608. The van der Waals surface area contributed by atoms with Gasteiger partial charge in [-0.1, -0.05) is 30.1 Å². The summed E-state index contributed by atoms with van der Waals surface area (Å²) in [5.41, 5.74) is 0.673. The molecule has 2 aromatic rings. The Morgan fingerprint density at radius 1 is 1.24 bits per heavy atom. The Hall–Kier alpha value is -1.03. The van der Waals surface area contributed by atoms with Gasteiger partial charge < -0.3 is 9.73 Å². The van der Waals surface area contributed by atoms with Gasteiger partial charge in [0.1, 0.15) is 11.5 Å². The maximum absolute atomic E-state index is 13.4. The van der Waals surface area contributed by atoms with Crippen LogP contribution in [-0.4, -0.2) is 12.6 Å². The molecule has 0 spiro atoms. The van der Waals surface area contributed by atoms with Crippen LogP contribution in [0.2, 0.25) is 10.0 Å². The van der Waals surface area contributed by atoms with Gasteiger partial charge in [0.25, 0.3) is 0 Å². The number of furan rings is 1. The molecule has 114 valence electrons. The molecule has 1 heterocycles. The molecule has 0 fully saturated rings. The van der Waals surface area contributed by atoms with Crippen LogP contribution in [0.4, 0.5) is 4.39 Å². The standard InChI is InChI=1S/C16H18Cl2FNO/c1-3-6-20-10(2)7-12-4-5-15(21-12)11-8-13(17)16(19)14(18)9-11/h4-5,8-10,20H,3,6-7H2,1-2H3. The second-order valence-corrected chi connectivity index (χ2v) is 5.89. The highest BCUT2D eigenvalue weighted by molar-refractivity contribution is 6.35. The lowest BCUT2D eigenvalue weighted by molar-refractivity contribution is 0.464. The number of rotatable bonds is 6. The Labute approximate surface area is 134 Å². The lowest BCUT2D eigenvalue weighted by Gasteiger charge is -2.11. The van der Waals surface area contributed by atoms with E-state index < -0.39 is 5.82 Å². The Balaban J connectivity index is 2.13. The molecule has 0 aliphatic heterocycles. The Kier molecular flexibility index (Phi) is 5.68. The quantitative estimate of drug-likeness (QED) is 0.725. The van der Waals surface area contributed by atoms with Gasteiger partial charge in [-0.15, -0.1) is 0 Å². The maximum atomic E-state index is 13.4. The van der Waals surface area contributed by atoms with Gasteiger partial charge >= 0.3 is 0 Å². The fourth-order valence-electron chi connectivity index (χ4n) is 2.11. The van der Waals surface area contributed by atoms with Crippen LogP contribution in [-0.2, 0) is 6.42 Å². The van der Waals surface area contributed by atoms with E-state index in [9.17, 15) is 4.39 Å². The van der Waals surface area contributed by atoms with Gasteiger partial charge in [0.05, 0.1) is 10.0 Å². The van der Waals surface area contributed by atoms with Crippen LogP contribution in [0.5, 0.6) is 0 Å². The van der Waals surface area contributed by atoms with Crippen LogP contribution in [0.25, 0.3) is 11.3 Å². The van der Waals surface area contributed by atoms with E-state index in [-0.39, 0.29) is 10.0 Å². The molecule has 1 aromatic heterocycles. The zero-order valence-electron chi connectivity index (χ0n) is 12.1. The van der Waals surface area contributed by atoms with E-state index in [0.29, 0.717) is 17.4 Å². The van der Waals surface area contributed by atoms with Crippen LogP contribution < -0.4 is 5.32 Å². The third-order valence-electron chi connectivity index (χ3n) is 3.18. The van der Waals surface area contributed by atoms with E-state index >= 15 is 0 Å². The van der Waals surface area contributed by atoms with E-state index in [2.05, 4.69) is 19.2 Å². The molecule has 1 unspecified atom stereocenters. The van der Waals surface area contributed by atoms with Crippen molar-refractivity contribution >= 4 is 23.2 Å². The van der Waals surface area contributed by atoms with Crippen LogP contribution in [0, 0.1) is 5.82 Å². The summed E-state index contributed by atoms with van der Waals surface area (Å²) in [5.74, 6) is 0.903. The highest BCUT2D eigenvalue weighted by Crippen LogP contribution is 2.31. The SMILES string of the molecule is CCCNC(C)Cc1ccc(-c2cc(Cl)c(F)c(Cl)c2)o1. The highest BCUT2D eigenvalue weighted by atomic mass is 35.5. The van der Waals surface area contributed by atoms with Gasteiger partial charge in [0, 0.05) is 18.0 Å². The summed E-state index contributed by atoms with van der Waals surface area (Å²) in [6, 6.07) is 7.14. The Morgan fingerprint density at radius 3 is 2.52 bits per heavy atom. The minimum atomic E-state index is -0.605. The molecule has 0 bridgehead atoms. The molecule has 1 aromatic carbocycles. The van der Waals surface area contributed by atoms with E-state index in [1.165, 1.54) is 12.1 Å². The highest BCUT2D eigenvalue weighted by Gasteiger charge is 2.12. The van der Waals surface area contributed by atoms with Gasteiger partial charge in [0.2, 0.25) is 0 Å². The van der Waals surface area contributed by atoms with E-state index in [1.54, 1.807) is 0 Å². The molecule has 0 amide bonds. The molecule has 1 N–H and O–H groups in total. The molecule has 2 nitrogen and oxygen atoms in total. The molecule has 5 heteroatoms. The van der Waals surface area contributed by atoms with Gasteiger partial charge in [-0.2, -0.15) is 0 Å². The first-order chi connectivity index (χ1) is 10.0. The fourth-order valence-corrected chi connectivity index (χ4v) is 2.59. The first-order valence-corrected chi connectivity index (χ1v) is 7.73. The van der Waals surface area contributed by atoms with E-state index in [1.807, 2.05) is 12.1 Å². The molecule has 1 atom stereocenters. The van der Waals surface area contributed by atoms with E-state index in [4.69, 9.17) is 27.6 Å². The van der Waals surface area contributed by atoms with Gasteiger partial charge in [0.15, 0.2) is 5.82 Å². The average Bonchev–Trinajstić information content (AvgIpc) is 2.90. The largest absolute Gasteiger partial charge is 0.461 e. The van der Waals surface area contributed by atoms with Crippen molar-refractivity contribution in [2.75, 3.05) is 6.54 Å². The predicted octanol–water partition coefficient (Wildman–Crippen LogP) is 5.32. The Bertz CT molecular complexity index is 589. The first-order valence-electron chi connectivity index (χ1n) is 6.98. The van der Waals surface area contributed by atoms with Crippen LogP contribution in [0.15, 0.2) is 28.7 Å². The first kappa shape index (κ1) is 16.3.